The fourth-order valence-corrected chi connectivity index (χ4v) is 2.94. The van der Waals surface area contributed by atoms with Gasteiger partial charge in [0, 0.05) is 11.3 Å². The normalized spacial score (nSPS) is 10.3. The number of carbonyl (C=O) groups is 2. The summed E-state index contributed by atoms with van der Waals surface area (Å²) in [5.41, 5.74) is 8.15. The number of rotatable bonds is 6. The Bertz CT molecular complexity index is 1050. The van der Waals surface area contributed by atoms with Gasteiger partial charge >= 0.3 is 12.1 Å². The van der Waals surface area contributed by atoms with Crippen molar-refractivity contribution in [3.05, 3.63) is 83.7 Å². The minimum atomic E-state index is -0.668. The lowest BCUT2D eigenvalue weighted by molar-refractivity contribution is -0.139. The lowest BCUT2D eigenvalue weighted by Gasteiger charge is -2.13. The highest BCUT2D eigenvalue weighted by atomic mass is 19.1. The van der Waals surface area contributed by atoms with Crippen LogP contribution in [0.1, 0.15) is 11.1 Å². The smallest absolute Gasteiger partial charge is 0.411 e. The maximum absolute atomic E-state index is 14.6. The van der Waals surface area contributed by atoms with Gasteiger partial charge in [0.15, 0.2) is 0 Å². The number of nitrogens with two attached hydrogens (primary N) is 1. The Morgan fingerprint density at radius 3 is 2.53 bits per heavy atom. The standard InChI is InChI=1S/C23H21FN2O4/c1-29-21(27)13-19-18(10-11-20(25)22(19)24)16-8-5-9-17(12-16)26-23(28)30-14-15-6-3-2-4-7-15/h2-12H,13-14,25H2,1H3,(H,26,28). The summed E-state index contributed by atoms with van der Waals surface area (Å²) in [6.45, 7) is 0.138. The van der Waals surface area contributed by atoms with Crippen LogP contribution >= 0.6 is 0 Å². The van der Waals surface area contributed by atoms with Crippen molar-refractivity contribution in [2.75, 3.05) is 18.2 Å². The van der Waals surface area contributed by atoms with Gasteiger partial charge in [-0.2, -0.15) is 0 Å². The van der Waals surface area contributed by atoms with E-state index < -0.39 is 17.9 Å². The first-order valence-corrected chi connectivity index (χ1v) is 9.19. The number of nitrogen functional groups attached to an aromatic ring is 1. The topological polar surface area (TPSA) is 90.6 Å². The molecule has 0 aliphatic heterocycles. The number of ether oxygens (including phenoxy) is 2. The third kappa shape index (κ3) is 5.14. The maximum Gasteiger partial charge on any atom is 0.411 e. The number of anilines is 2. The number of hydrogen-bond donors (Lipinski definition) is 2. The SMILES string of the molecule is COC(=O)Cc1c(-c2cccc(NC(=O)OCc3ccccc3)c2)ccc(N)c1F. The third-order valence-electron chi connectivity index (χ3n) is 4.45. The zero-order valence-electron chi connectivity index (χ0n) is 16.4. The number of amides is 1. The van der Waals surface area contributed by atoms with Gasteiger partial charge in [0.05, 0.1) is 19.2 Å². The quantitative estimate of drug-likeness (QED) is 0.462. The second-order valence-corrected chi connectivity index (χ2v) is 6.52. The summed E-state index contributed by atoms with van der Waals surface area (Å²) < 4.78 is 24.5. The highest BCUT2D eigenvalue weighted by Crippen LogP contribution is 2.31. The Hall–Kier alpha value is -3.87. The molecule has 0 fully saturated rings. The molecule has 3 N–H and O–H groups in total. The van der Waals surface area contributed by atoms with E-state index in [-0.39, 0.29) is 24.3 Å². The van der Waals surface area contributed by atoms with Crippen molar-refractivity contribution in [2.45, 2.75) is 13.0 Å². The predicted octanol–water partition coefficient (Wildman–Crippen LogP) is 4.54. The molecule has 3 aromatic rings. The average Bonchev–Trinajstić information content (AvgIpc) is 2.76. The lowest BCUT2D eigenvalue weighted by Crippen LogP contribution is -2.13. The Kier molecular flexibility index (Phi) is 6.64. The van der Waals surface area contributed by atoms with E-state index in [0.29, 0.717) is 16.8 Å². The van der Waals surface area contributed by atoms with Gasteiger partial charge in [-0.05, 0) is 34.9 Å². The molecule has 3 aromatic carbocycles. The van der Waals surface area contributed by atoms with Crippen molar-refractivity contribution in [3.8, 4) is 11.1 Å². The molecule has 0 aliphatic rings. The predicted molar refractivity (Wildman–Crippen MR) is 112 cm³/mol. The number of hydrogen-bond acceptors (Lipinski definition) is 5. The van der Waals surface area contributed by atoms with Gasteiger partial charge in [-0.3, -0.25) is 10.1 Å². The van der Waals surface area contributed by atoms with E-state index in [4.69, 9.17) is 10.5 Å². The van der Waals surface area contributed by atoms with E-state index in [9.17, 15) is 14.0 Å². The van der Waals surface area contributed by atoms with Crippen LogP contribution in [0.4, 0.5) is 20.6 Å². The third-order valence-corrected chi connectivity index (χ3v) is 4.45. The summed E-state index contributed by atoms with van der Waals surface area (Å²) in [4.78, 5) is 23.8. The monoisotopic (exact) mass is 408 g/mol. The van der Waals surface area contributed by atoms with Crippen LogP contribution in [0, 0.1) is 5.82 Å². The Morgan fingerprint density at radius 1 is 1.03 bits per heavy atom. The van der Waals surface area contributed by atoms with Gasteiger partial charge in [-0.25, -0.2) is 9.18 Å². The summed E-state index contributed by atoms with van der Waals surface area (Å²) in [5, 5.41) is 2.65. The summed E-state index contributed by atoms with van der Waals surface area (Å²) in [6, 6.07) is 19.2. The molecule has 0 unspecified atom stereocenters. The molecule has 0 bridgehead atoms. The van der Waals surface area contributed by atoms with Crippen LogP contribution in [0.2, 0.25) is 0 Å². The van der Waals surface area contributed by atoms with E-state index in [1.807, 2.05) is 30.3 Å². The Morgan fingerprint density at radius 2 is 1.80 bits per heavy atom. The minimum absolute atomic E-state index is 0.0589. The van der Waals surface area contributed by atoms with E-state index in [0.717, 1.165) is 5.56 Å². The average molecular weight is 408 g/mol. The fraction of sp³-hybridized carbons (Fsp3) is 0.130. The lowest BCUT2D eigenvalue weighted by atomic mass is 9.96. The molecule has 1 amide bonds. The molecule has 0 aliphatic carbocycles. The zero-order valence-corrected chi connectivity index (χ0v) is 16.4. The molecule has 30 heavy (non-hydrogen) atoms. The van der Waals surface area contributed by atoms with Crippen LogP contribution in [0.5, 0.6) is 0 Å². The number of halogens is 1. The summed E-state index contributed by atoms with van der Waals surface area (Å²) in [7, 11) is 1.23. The van der Waals surface area contributed by atoms with Crippen molar-refractivity contribution >= 4 is 23.4 Å². The zero-order chi connectivity index (χ0) is 21.5. The second-order valence-electron chi connectivity index (χ2n) is 6.52. The molecule has 0 saturated heterocycles. The number of methoxy groups -OCH3 is 1. The minimum Gasteiger partial charge on any atom is -0.469 e. The molecule has 0 radical (unpaired) electrons. The molecular weight excluding hydrogens is 387 g/mol. The van der Waals surface area contributed by atoms with Crippen LogP contribution < -0.4 is 11.1 Å². The summed E-state index contributed by atoms with van der Waals surface area (Å²) in [5.74, 6) is -1.25. The highest BCUT2D eigenvalue weighted by molar-refractivity contribution is 5.87. The number of esters is 1. The molecular formula is C23H21FN2O4. The van der Waals surface area contributed by atoms with Gasteiger partial charge in [0.2, 0.25) is 0 Å². The largest absolute Gasteiger partial charge is 0.469 e. The van der Waals surface area contributed by atoms with Gasteiger partial charge in [-0.15, -0.1) is 0 Å². The van der Waals surface area contributed by atoms with Crippen molar-refractivity contribution in [3.63, 3.8) is 0 Å². The summed E-state index contributed by atoms with van der Waals surface area (Å²) in [6.07, 6.45) is -0.881. The van der Waals surface area contributed by atoms with Crippen LogP contribution in [-0.2, 0) is 27.3 Å². The maximum atomic E-state index is 14.6. The van der Waals surface area contributed by atoms with Gasteiger partial charge in [0.25, 0.3) is 0 Å². The molecule has 6 nitrogen and oxygen atoms in total. The van der Waals surface area contributed by atoms with Crippen LogP contribution in [0.15, 0.2) is 66.7 Å². The molecule has 3 rings (SSSR count). The molecule has 0 saturated carbocycles. The molecule has 0 heterocycles. The van der Waals surface area contributed by atoms with Crippen LogP contribution in [0.25, 0.3) is 11.1 Å². The van der Waals surface area contributed by atoms with E-state index in [1.165, 1.54) is 13.2 Å². The summed E-state index contributed by atoms with van der Waals surface area (Å²) >= 11 is 0. The number of benzene rings is 3. The van der Waals surface area contributed by atoms with E-state index >= 15 is 0 Å². The first-order valence-electron chi connectivity index (χ1n) is 9.19. The molecule has 0 aromatic heterocycles. The Labute approximate surface area is 173 Å². The molecule has 0 spiro atoms. The van der Waals surface area contributed by atoms with Gasteiger partial charge < -0.3 is 15.2 Å². The highest BCUT2D eigenvalue weighted by Gasteiger charge is 2.17. The first-order chi connectivity index (χ1) is 14.5. The van der Waals surface area contributed by atoms with Crippen LogP contribution in [0.3, 0.4) is 0 Å². The molecule has 7 heteroatoms. The van der Waals surface area contributed by atoms with Crippen LogP contribution in [-0.4, -0.2) is 19.2 Å². The Balaban J connectivity index is 1.79. The second kappa shape index (κ2) is 9.56. The first kappa shape index (κ1) is 20.9. The van der Waals surface area contributed by atoms with E-state index in [2.05, 4.69) is 10.1 Å². The van der Waals surface area contributed by atoms with Crippen molar-refractivity contribution < 1.29 is 23.5 Å². The number of carbonyl (C=O) groups excluding carboxylic acids is 2. The van der Waals surface area contributed by atoms with Gasteiger partial charge in [0.1, 0.15) is 12.4 Å². The van der Waals surface area contributed by atoms with Crippen molar-refractivity contribution in [1.29, 1.82) is 0 Å². The van der Waals surface area contributed by atoms with Gasteiger partial charge in [-0.1, -0.05) is 48.5 Å². The molecule has 154 valence electrons. The molecule has 0 atom stereocenters. The van der Waals surface area contributed by atoms with Crippen molar-refractivity contribution in [1.82, 2.24) is 0 Å². The fourth-order valence-electron chi connectivity index (χ4n) is 2.94. The van der Waals surface area contributed by atoms with E-state index in [1.54, 1.807) is 30.3 Å². The van der Waals surface area contributed by atoms with Crippen molar-refractivity contribution in [2.24, 2.45) is 0 Å². The number of nitrogens with one attached hydrogen (secondary N) is 1.